The minimum absolute atomic E-state index is 0.0627. The van der Waals surface area contributed by atoms with Gasteiger partial charge in [0, 0.05) is 0 Å². The summed E-state index contributed by atoms with van der Waals surface area (Å²) in [5, 5.41) is 9.71. The summed E-state index contributed by atoms with van der Waals surface area (Å²) in [4.78, 5) is 0. The van der Waals surface area contributed by atoms with E-state index < -0.39 is 0 Å². The Kier molecular flexibility index (Phi) is 1.37. The van der Waals surface area contributed by atoms with Crippen LogP contribution in [0.2, 0.25) is 0 Å². The molecule has 0 radical (unpaired) electrons. The molecule has 1 saturated carbocycles. The molecule has 0 amide bonds. The maximum Gasteiger partial charge on any atom is 0.123 e. The van der Waals surface area contributed by atoms with Crippen LogP contribution < -0.4 is 0 Å². The third-order valence-corrected chi connectivity index (χ3v) is 3.23. The van der Waals surface area contributed by atoms with Crippen LogP contribution in [0.3, 0.4) is 0 Å². The third kappa shape index (κ3) is 0.859. The Bertz CT molecular complexity index is 176. The summed E-state index contributed by atoms with van der Waals surface area (Å²) in [5.41, 5.74) is -0.224. The van der Waals surface area contributed by atoms with E-state index in [1.807, 2.05) is 0 Å². The summed E-state index contributed by atoms with van der Waals surface area (Å²) in [6.45, 7) is 4.14. The van der Waals surface area contributed by atoms with Gasteiger partial charge < -0.3 is 9.84 Å². The lowest BCUT2D eigenvalue weighted by Crippen LogP contribution is -2.38. The highest BCUT2D eigenvalue weighted by Crippen LogP contribution is 2.55. The zero-order chi connectivity index (χ0) is 8.11. The van der Waals surface area contributed by atoms with Gasteiger partial charge in [-0.05, 0) is 26.7 Å². The van der Waals surface area contributed by atoms with E-state index in [4.69, 9.17) is 4.74 Å². The molecule has 2 aliphatic rings. The molecule has 1 spiro atoms. The maximum atomic E-state index is 9.71. The van der Waals surface area contributed by atoms with E-state index in [0.29, 0.717) is 0 Å². The molecule has 0 aromatic heterocycles. The highest BCUT2D eigenvalue weighted by Gasteiger charge is 2.67. The Morgan fingerprint density at radius 3 is 2.36 bits per heavy atom. The van der Waals surface area contributed by atoms with Crippen LogP contribution in [0.25, 0.3) is 0 Å². The summed E-state index contributed by atoms with van der Waals surface area (Å²) < 4.78 is 5.60. The van der Waals surface area contributed by atoms with Gasteiger partial charge in [-0.25, -0.2) is 0 Å². The number of aliphatic hydroxyl groups is 1. The first-order valence-electron chi connectivity index (χ1n) is 4.47. The summed E-state index contributed by atoms with van der Waals surface area (Å²) in [5.74, 6) is 0. The lowest BCUT2D eigenvalue weighted by Gasteiger charge is -2.26. The number of epoxide rings is 1. The molecule has 0 bridgehead atoms. The summed E-state index contributed by atoms with van der Waals surface area (Å²) in [6.07, 6.45) is 4.11. The molecule has 1 aliphatic heterocycles. The Balaban J connectivity index is 2.13. The predicted octanol–water partition coefficient (Wildman–Crippen LogP) is 1.47. The molecule has 1 heterocycles. The minimum atomic E-state index is -0.216. The van der Waals surface area contributed by atoms with Gasteiger partial charge in [-0.15, -0.1) is 0 Å². The Labute approximate surface area is 67.6 Å². The maximum absolute atomic E-state index is 9.71. The smallest absolute Gasteiger partial charge is 0.123 e. The highest BCUT2D eigenvalue weighted by atomic mass is 16.6. The van der Waals surface area contributed by atoms with Crippen molar-refractivity contribution in [3.63, 3.8) is 0 Å². The number of ether oxygens (including phenoxy) is 1. The van der Waals surface area contributed by atoms with Crippen LogP contribution in [0, 0.1) is 0 Å². The molecule has 64 valence electrons. The normalized spacial score (nSPS) is 47.7. The van der Waals surface area contributed by atoms with Gasteiger partial charge in [0.15, 0.2) is 0 Å². The van der Waals surface area contributed by atoms with Crippen molar-refractivity contribution in [1.29, 1.82) is 0 Å². The molecule has 0 aromatic rings. The lowest BCUT2D eigenvalue weighted by molar-refractivity contribution is 0.0407. The number of rotatable bonds is 0. The second-order valence-electron chi connectivity index (χ2n) is 4.26. The summed E-state index contributed by atoms with van der Waals surface area (Å²) >= 11 is 0. The average Bonchev–Trinajstić information content (AvgIpc) is 2.45. The van der Waals surface area contributed by atoms with Gasteiger partial charge in [0.1, 0.15) is 5.60 Å². The fourth-order valence-corrected chi connectivity index (χ4v) is 2.38. The van der Waals surface area contributed by atoms with Crippen LogP contribution in [0.4, 0.5) is 0 Å². The molecule has 1 aliphatic carbocycles. The lowest BCUT2D eigenvalue weighted by atomic mass is 9.79. The van der Waals surface area contributed by atoms with Crippen LogP contribution in [0.5, 0.6) is 0 Å². The molecule has 1 N–H and O–H groups in total. The van der Waals surface area contributed by atoms with E-state index in [0.717, 1.165) is 19.3 Å². The van der Waals surface area contributed by atoms with Gasteiger partial charge in [-0.3, -0.25) is 0 Å². The van der Waals surface area contributed by atoms with Crippen molar-refractivity contribution in [3.05, 3.63) is 0 Å². The van der Waals surface area contributed by atoms with Crippen LogP contribution in [-0.4, -0.2) is 22.4 Å². The van der Waals surface area contributed by atoms with Gasteiger partial charge in [-0.2, -0.15) is 0 Å². The zero-order valence-corrected chi connectivity index (χ0v) is 7.26. The first-order valence-corrected chi connectivity index (χ1v) is 4.47. The van der Waals surface area contributed by atoms with E-state index >= 15 is 0 Å². The molecule has 2 fully saturated rings. The second kappa shape index (κ2) is 1.99. The molecule has 2 heteroatoms. The molecule has 11 heavy (non-hydrogen) atoms. The monoisotopic (exact) mass is 156 g/mol. The number of aliphatic hydroxyl groups excluding tert-OH is 1. The van der Waals surface area contributed by atoms with E-state index in [9.17, 15) is 5.11 Å². The van der Waals surface area contributed by atoms with Gasteiger partial charge in [0.25, 0.3) is 0 Å². The molecular weight excluding hydrogens is 140 g/mol. The second-order valence-corrected chi connectivity index (χ2v) is 4.26. The van der Waals surface area contributed by atoms with Gasteiger partial charge in [0.05, 0.1) is 11.7 Å². The predicted molar refractivity (Wildman–Crippen MR) is 42.4 cm³/mol. The SMILES string of the molecule is CC1(C)O[C@@]12CCCC[C@@H]2O. The van der Waals surface area contributed by atoms with Crippen molar-refractivity contribution in [2.75, 3.05) is 0 Å². The van der Waals surface area contributed by atoms with Crippen molar-refractivity contribution in [2.45, 2.75) is 56.8 Å². The van der Waals surface area contributed by atoms with E-state index in [2.05, 4.69) is 13.8 Å². The highest BCUT2D eigenvalue weighted by molar-refractivity contribution is 5.15. The van der Waals surface area contributed by atoms with E-state index in [1.165, 1.54) is 6.42 Å². The van der Waals surface area contributed by atoms with Crippen molar-refractivity contribution >= 4 is 0 Å². The van der Waals surface area contributed by atoms with Crippen molar-refractivity contribution in [3.8, 4) is 0 Å². The minimum Gasteiger partial charge on any atom is -0.390 e. The number of hydrogen-bond donors (Lipinski definition) is 1. The summed E-state index contributed by atoms with van der Waals surface area (Å²) in [7, 11) is 0. The van der Waals surface area contributed by atoms with Crippen LogP contribution in [0.15, 0.2) is 0 Å². The topological polar surface area (TPSA) is 32.8 Å². The fourth-order valence-electron chi connectivity index (χ4n) is 2.38. The van der Waals surface area contributed by atoms with Gasteiger partial charge >= 0.3 is 0 Å². The Hall–Kier alpha value is -0.0800. The van der Waals surface area contributed by atoms with Crippen molar-refractivity contribution < 1.29 is 9.84 Å². The number of hydrogen-bond acceptors (Lipinski definition) is 2. The molecule has 2 atom stereocenters. The Morgan fingerprint density at radius 2 is 2.00 bits per heavy atom. The molecule has 2 rings (SSSR count). The summed E-state index contributed by atoms with van der Waals surface area (Å²) in [6, 6.07) is 0. The average molecular weight is 156 g/mol. The largest absolute Gasteiger partial charge is 0.390 e. The first kappa shape index (κ1) is 7.56. The van der Waals surface area contributed by atoms with Gasteiger partial charge in [0.2, 0.25) is 0 Å². The zero-order valence-electron chi connectivity index (χ0n) is 7.26. The molecule has 2 nitrogen and oxygen atoms in total. The molecule has 1 saturated heterocycles. The first-order chi connectivity index (χ1) is 5.08. The van der Waals surface area contributed by atoms with Crippen LogP contribution >= 0.6 is 0 Å². The van der Waals surface area contributed by atoms with E-state index in [-0.39, 0.29) is 17.3 Å². The van der Waals surface area contributed by atoms with Crippen molar-refractivity contribution in [1.82, 2.24) is 0 Å². The molecule has 0 unspecified atom stereocenters. The third-order valence-electron chi connectivity index (χ3n) is 3.23. The molecular formula is C9H16O2. The van der Waals surface area contributed by atoms with Gasteiger partial charge in [-0.1, -0.05) is 12.8 Å². The van der Waals surface area contributed by atoms with Crippen LogP contribution in [-0.2, 0) is 4.74 Å². The standard InChI is InChI=1S/C9H16O2/c1-8(2)9(11-8)6-4-3-5-7(9)10/h7,10H,3-6H2,1-2H3/t7-,9+/m0/s1. The van der Waals surface area contributed by atoms with Crippen LogP contribution in [0.1, 0.15) is 39.5 Å². The van der Waals surface area contributed by atoms with Crippen molar-refractivity contribution in [2.24, 2.45) is 0 Å². The Morgan fingerprint density at radius 1 is 1.36 bits per heavy atom. The quantitative estimate of drug-likeness (QED) is 0.539. The van der Waals surface area contributed by atoms with E-state index in [1.54, 1.807) is 0 Å². The molecule has 0 aromatic carbocycles. The fraction of sp³-hybridized carbons (Fsp3) is 1.00.